The Morgan fingerprint density at radius 2 is 1.72 bits per heavy atom. The highest BCUT2D eigenvalue weighted by molar-refractivity contribution is 6.36. The van der Waals surface area contributed by atoms with Crippen LogP contribution in [-0.2, 0) is 4.74 Å². The molecule has 0 spiro atoms. The number of esters is 1. The van der Waals surface area contributed by atoms with Crippen LogP contribution in [0.15, 0.2) is 36.4 Å². The number of hydrogen-bond donors (Lipinski definition) is 0. The number of anilines is 2. The lowest BCUT2D eigenvalue weighted by molar-refractivity contribution is 0.0595. The summed E-state index contributed by atoms with van der Waals surface area (Å²) in [5.74, 6) is -1.25. The van der Waals surface area contributed by atoms with Crippen molar-refractivity contribution in [3.63, 3.8) is 0 Å². The van der Waals surface area contributed by atoms with E-state index in [1.807, 2.05) is 12.1 Å². The summed E-state index contributed by atoms with van der Waals surface area (Å²) in [6.07, 6.45) is 0. The first kappa shape index (κ1) is 17.8. The van der Waals surface area contributed by atoms with Crippen LogP contribution in [0, 0.1) is 5.82 Å². The van der Waals surface area contributed by atoms with E-state index >= 15 is 0 Å². The van der Waals surface area contributed by atoms with Gasteiger partial charge in [0.15, 0.2) is 0 Å². The van der Waals surface area contributed by atoms with Gasteiger partial charge >= 0.3 is 5.97 Å². The quantitative estimate of drug-likeness (QED) is 0.743. The van der Waals surface area contributed by atoms with E-state index in [9.17, 15) is 9.18 Å². The van der Waals surface area contributed by atoms with E-state index < -0.39 is 11.8 Å². The third-order valence-corrected chi connectivity index (χ3v) is 4.79. The summed E-state index contributed by atoms with van der Waals surface area (Å²) in [4.78, 5) is 15.7. The van der Waals surface area contributed by atoms with Crippen LogP contribution in [0.3, 0.4) is 0 Å². The molecule has 3 rings (SSSR count). The highest BCUT2D eigenvalue weighted by atomic mass is 35.5. The first-order valence-corrected chi connectivity index (χ1v) is 8.58. The molecule has 2 aromatic rings. The van der Waals surface area contributed by atoms with Crippen LogP contribution in [0.25, 0.3) is 0 Å². The van der Waals surface area contributed by atoms with Gasteiger partial charge in [0.2, 0.25) is 0 Å². The Morgan fingerprint density at radius 1 is 1.04 bits per heavy atom. The van der Waals surface area contributed by atoms with Gasteiger partial charge in [-0.3, -0.25) is 0 Å². The molecule has 0 saturated carbocycles. The molecular formula is C18H17Cl2FN2O2. The van der Waals surface area contributed by atoms with Gasteiger partial charge in [-0.2, -0.15) is 0 Å². The summed E-state index contributed by atoms with van der Waals surface area (Å²) in [6, 6.07) is 10.0. The van der Waals surface area contributed by atoms with Gasteiger partial charge in [0.05, 0.1) is 23.4 Å². The second kappa shape index (κ2) is 7.50. The number of rotatable bonds is 3. The van der Waals surface area contributed by atoms with Gasteiger partial charge in [-0.15, -0.1) is 0 Å². The van der Waals surface area contributed by atoms with E-state index in [-0.39, 0.29) is 5.56 Å². The maximum Gasteiger partial charge on any atom is 0.340 e. The van der Waals surface area contributed by atoms with Crippen LogP contribution in [-0.4, -0.2) is 39.3 Å². The zero-order valence-corrected chi connectivity index (χ0v) is 15.1. The van der Waals surface area contributed by atoms with Crippen molar-refractivity contribution in [3.8, 4) is 0 Å². The van der Waals surface area contributed by atoms with Crippen LogP contribution in [0.2, 0.25) is 10.0 Å². The standard InChI is InChI=1S/C18H17Cl2FN2O2/c1-25-18(24)14-4-3-13(11-16(14)21)22-6-8-23(9-7-22)17-5-2-12(19)10-15(17)20/h2-5,10-11H,6-9H2,1H3. The average Bonchev–Trinajstić information content (AvgIpc) is 2.61. The molecule has 0 atom stereocenters. The second-order valence-electron chi connectivity index (χ2n) is 5.73. The van der Waals surface area contributed by atoms with Crippen LogP contribution in [0.5, 0.6) is 0 Å². The minimum atomic E-state index is -0.675. The predicted octanol–water partition coefficient (Wildman–Crippen LogP) is 4.25. The molecule has 1 saturated heterocycles. The number of hydrogen-bond acceptors (Lipinski definition) is 4. The molecule has 1 fully saturated rings. The number of ether oxygens (including phenoxy) is 1. The lowest BCUT2D eigenvalue weighted by Crippen LogP contribution is -2.46. The van der Waals surface area contributed by atoms with Crippen LogP contribution < -0.4 is 9.80 Å². The fraction of sp³-hybridized carbons (Fsp3) is 0.278. The number of halogens is 3. The van der Waals surface area contributed by atoms with Crippen molar-refractivity contribution in [1.82, 2.24) is 0 Å². The molecule has 7 heteroatoms. The van der Waals surface area contributed by atoms with Gasteiger partial charge in [-0.25, -0.2) is 9.18 Å². The molecule has 1 aliphatic rings. The second-order valence-corrected chi connectivity index (χ2v) is 6.57. The summed E-state index contributed by atoms with van der Waals surface area (Å²) in [7, 11) is 1.23. The SMILES string of the molecule is COC(=O)c1ccc(N2CCN(c3ccc(Cl)cc3Cl)CC2)cc1F. The number of methoxy groups -OCH3 is 1. The zero-order valence-electron chi connectivity index (χ0n) is 13.6. The van der Waals surface area contributed by atoms with Crippen LogP contribution >= 0.6 is 23.2 Å². The van der Waals surface area contributed by atoms with Crippen molar-refractivity contribution < 1.29 is 13.9 Å². The molecule has 1 aliphatic heterocycles. The van der Waals surface area contributed by atoms with Gasteiger partial charge in [-0.05, 0) is 36.4 Å². The van der Waals surface area contributed by atoms with Crippen LogP contribution in [0.4, 0.5) is 15.8 Å². The van der Waals surface area contributed by atoms with Crippen molar-refractivity contribution >= 4 is 40.5 Å². The van der Waals surface area contributed by atoms with Crippen molar-refractivity contribution in [2.24, 2.45) is 0 Å². The summed E-state index contributed by atoms with van der Waals surface area (Å²) < 4.78 is 18.7. The lowest BCUT2D eigenvalue weighted by atomic mass is 10.1. The molecule has 132 valence electrons. The van der Waals surface area contributed by atoms with Crippen molar-refractivity contribution in [2.45, 2.75) is 0 Å². The Hall–Kier alpha value is -1.98. The first-order chi connectivity index (χ1) is 12.0. The maximum absolute atomic E-state index is 14.1. The minimum absolute atomic E-state index is 0.0576. The van der Waals surface area contributed by atoms with Crippen molar-refractivity contribution in [2.75, 3.05) is 43.1 Å². The summed E-state index contributed by atoms with van der Waals surface area (Å²) in [5.41, 5.74) is 1.63. The third-order valence-electron chi connectivity index (χ3n) is 4.25. The molecule has 0 aliphatic carbocycles. The fourth-order valence-corrected chi connectivity index (χ4v) is 3.45. The van der Waals surface area contributed by atoms with Crippen LogP contribution in [0.1, 0.15) is 10.4 Å². The molecule has 1 heterocycles. The van der Waals surface area contributed by atoms with E-state index in [2.05, 4.69) is 14.5 Å². The van der Waals surface area contributed by atoms with E-state index in [0.717, 1.165) is 37.6 Å². The normalized spacial score (nSPS) is 14.6. The highest BCUT2D eigenvalue weighted by Crippen LogP contribution is 2.30. The Bertz CT molecular complexity index is 793. The maximum atomic E-state index is 14.1. The number of piperazine rings is 1. The minimum Gasteiger partial charge on any atom is -0.465 e. The monoisotopic (exact) mass is 382 g/mol. The number of carbonyl (C=O) groups excluding carboxylic acids is 1. The smallest absolute Gasteiger partial charge is 0.340 e. The molecule has 0 N–H and O–H groups in total. The van der Waals surface area contributed by atoms with Crippen molar-refractivity contribution in [3.05, 3.63) is 57.8 Å². The topological polar surface area (TPSA) is 32.8 Å². The Balaban J connectivity index is 1.70. The van der Waals surface area contributed by atoms with Gasteiger partial charge in [0, 0.05) is 36.9 Å². The van der Waals surface area contributed by atoms with E-state index in [1.54, 1.807) is 12.1 Å². The molecule has 0 amide bonds. The molecule has 4 nitrogen and oxygen atoms in total. The lowest BCUT2D eigenvalue weighted by Gasteiger charge is -2.37. The number of nitrogens with zero attached hydrogens (tertiary/aromatic N) is 2. The summed E-state index contributed by atoms with van der Waals surface area (Å²) in [5, 5.41) is 1.22. The molecular weight excluding hydrogens is 366 g/mol. The average molecular weight is 383 g/mol. The fourth-order valence-electron chi connectivity index (χ4n) is 2.92. The third kappa shape index (κ3) is 3.83. The van der Waals surface area contributed by atoms with Gasteiger partial charge in [0.25, 0.3) is 0 Å². The number of carbonyl (C=O) groups is 1. The zero-order chi connectivity index (χ0) is 18.0. The van der Waals surface area contributed by atoms with E-state index in [4.69, 9.17) is 23.2 Å². The van der Waals surface area contributed by atoms with Gasteiger partial charge in [0.1, 0.15) is 5.82 Å². The molecule has 0 bridgehead atoms. The van der Waals surface area contributed by atoms with E-state index in [0.29, 0.717) is 10.0 Å². The van der Waals surface area contributed by atoms with E-state index in [1.165, 1.54) is 19.2 Å². The summed E-state index contributed by atoms with van der Waals surface area (Å²) in [6.45, 7) is 2.94. The Labute approximate surface area is 155 Å². The predicted molar refractivity (Wildman–Crippen MR) is 98.6 cm³/mol. The molecule has 0 aromatic heterocycles. The largest absolute Gasteiger partial charge is 0.465 e. The van der Waals surface area contributed by atoms with Crippen molar-refractivity contribution in [1.29, 1.82) is 0 Å². The summed E-state index contributed by atoms with van der Waals surface area (Å²) >= 11 is 12.2. The van der Waals surface area contributed by atoms with Gasteiger partial charge in [-0.1, -0.05) is 23.2 Å². The highest BCUT2D eigenvalue weighted by Gasteiger charge is 2.21. The number of benzene rings is 2. The molecule has 2 aromatic carbocycles. The molecule has 0 radical (unpaired) electrons. The molecule has 0 unspecified atom stereocenters. The van der Waals surface area contributed by atoms with Gasteiger partial charge < -0.3 is 14.5 Å². The Morgan fingerprint density at radius 3 is 2.32 bits per heavy atom. The first-order valence-electron chi connectivity index (χ1n) is 7.82. The Kier molecular flexibility index (Phi) is 5.35. The molecule has 25 heavy (non-hydrogen) atoms.